The molecular weight excluding hydrogens is 324 g/mol. The zero-order chi connectivity index (χ0) is 17.7. The van der Waals surface area contributed by atoms with Crippen LogP contribution < -0.4 is 5.32 Å². The molecule has 0 heterocycles. The molecule has 2 aromatic rings. The van der Waals surface area contributed by atoms with Gasteiger partial charge in [0, 0.05) is 13.6 Å². The molecule has 0 bridgehead atoms. The van der Waals surface area contributed by atoms with E-state index in [1.54, 1.807) is 18.0 Å². The van der Waals surface area contributed by atoms with Crippen molar-refractivity contribution in [3.8, 4) is 0 Å². The van der Waals surface area contributed by atoms with Crippen LogP contribution >= 0.6 is 11.6 Å². The van der Waals surface area contributed by atoms with Crippen LogP contribution in [0.5, 0.6) is 0 Å². The summed E-state index contributed by atoms with van der Waals surface area (Å²) in [5, 5.41) is 3.21. The smallest absolute Gasteiger partial charge is 0.233 e. The zero-order valence-corrected chi connectivity index (χ0v) is 14.9. The fourth-order valence-corrected chi connectivity index (χ4v) is 2.84. The summed E-state index contributed by atoms with van der Waals surface area (Å²) in [6.07, 6.45) is -0.215. The van der Waals surface area contributed by atoms with Crippen molar-refractivity contribution >= 4 is 29.1 Å². The number of nitrogens with one attached hydrogen (secondary N) is 1. The normalized spacial score (nSPS) is 10.3. The first-order valence-electron chi connectivity index (χ1n) is 7.71. The highest BCUT2D eigenvalue weighted by Crippen LogP contribution is 2.27. The fourth-order valence-electron chi connectivity index (χ4n) is 2.48. The second kappa shape index (κ2) is 7.97. The number of hydrogen-bond donors (Lipinski definition) is 1. The van der Waals surface area contributed by atoms with Crippen molar-refractivity contribution in [2.75, 3.05) is 12.4 Å². The van der Waals surface area contributed by atoms with E-state index in [0.717, 1.165) is 16.7 Å². The summed E-state index contributed by atoms with van der Waals surface area (Å²) in [4.78, 5) is 25.9. The fraction of sp³-hybridized carbons (Fsp3) is 0.263. The molecule has 2 aromatic carbocycles. The lowest BCUT2D eigenvalue weighted by atomic mass is 10.1. The number of nitrogens with zero attached hydrogens (tertiary/aromatic N) is 1. The van der Waals surface area contributed by atoms with Gasteiger partial charge in [-0.25, -0.2) is 0 Å². The minimum Gasteiger partial charge on any atom is -0.341 e. The van der Waals surface area contributed by atoms with E-state index in [-0.39, 0.29) is 18.2 Å². The molecule has 0 spiro atoms. The van der Waals surface area contributed by atoms with Gasteiger partial charge < -0.3 is 10.2 Å². The van der Waals surface area contributed by atoms with Gasteiger partial charge >= 0.3 is 0 Å². The summed E-state index contributed by atoms with van der Waals surface area (Å²) in [7, 11) is 1.69. The van der Waals surface area contributed by atoms with Crippen LogP contribution in [0, 0.1) is 13.8 Å². The van der Waals surface area contributed by atoms with Gasteiger partial charge in [-0.1, -0.05) is 48.0 Å². The van der Waals surface area contributed by atoms with Crippen LogP contribution in [0.15, 0.2) is 42.5 Å². The second-order valence-corrected chi connectivity index (χ2v) is 6.31. The SMILES string of the molecule is Cc1cc(C)c(NC(=O)CC(=O)N(C)Cc2ccccc2)c(Cl)c1. The van der Waals surface area contributed by atoms with Crippen molar-refractivity contribution in [1.29, 1.82) is 0 Å². The maximum absolute atomic E-state index is 12.2. The second-order valence-electron chi connectivity index (χ2n) is 5.90. The molecule has 4 nitrogen and oxygen atoms in total. The van der Waals surface area contributed by atoms with Crippen LogP contribution in [0.3, 0.4) is 0 Å². The van der Waals surface area contributed by atoms with Crippen LogP contribution in [-0.4, -0.2) is 23.8 Å². The Hall–Kier alpha value is -2.33. The van der Waals surface area contributed by atoms with Crippen LogP contribution in [0.2, 0.25) is 5.02 Å². The molecular formula is C19H21ClN2O2. The van der Waals surface area contributed by atoms with Gasteiger partial charge in [-0.15, -0.1) is 0 Å². The Morgan fingerprint density at radius 2 is 1.79 bits per heavy atom. The third-order valence-corrected chi connectivity index (χ3v) is 3.99. The number of anilines is 1. The maximum atomic E-state index is 12.2. The molecule has 2 amide bonds. The average molecular weight is 345 g/mol. The van der Waals surface area contributed by atoms with Crippen molar-refractivity contribution in [3.05, 3.63) is 64.2 Å². The van der Waals surface area contributed by atoms with Gasteiger partial charge in [-0.2, -0.15) is 0 Å². The molecule has 0 radical (unpaired) electrons. The minimum atomic E-state index is -0.367. The Balaban J connectivity index is 1.96. The van der Waals surface area contributed by atoms with E-state index < -0.39 is 0 Å². The van der Waals surface area contributed by atoms with E-state index in [0.29, 0.717) is 17.3 Å². The third kappa shape index (κ3) is 4.83. The lowest BCUT2D eigenvalue weighted by Crippen LogP contribution is -2.30. The van der Waals surface area contributed by atoms with Gasteiger partial charge in [0.1, 0.15) is 6.42 Å². The molecule has 0 saturated heterocycles. The Labute approximate surface area is 147 Å². The summed E-state index contributed by atoms with van der Waals surface area (Å²) in [5.41, 5.74) is 3.48. The first-order chi connectivity index (χ1) is 11.4. The summed E-state index contributed by atoms with van der Waals surface area (Å²) in [5.74, 6) is -0.606. The summed E-state index contributed by atoms with van der Waals surface area (Å²) in [6.45, 7) is 4.28. The topological polar surface area (TPSA) is 49.4 Å². The van der Waals surface area contributed by atoms with E-state index in [4.69, 9.17) is 11.6 Å². The predicted molar refractivity (Wildman–Crippen MR) is 97.1 cm³/mol. The Morgan fingerprint density at radius 1 is 1.12 bits per heavy atom. The first kappa shape index (κ1) is 18.0. The van der Waals surface area contributed by atoms with E-state index >= 15 is 0 Å². The standard InChI is InChI=1S/C19H21ClN2O2/c1-13-9-14(2)19(16(20)10-13)21-17(23)11-18(24)22(3)12-15-7-5-4-6-8-15/h4-10H,11-12H2,1-3H3,(H,21,23). The molecule has 1 N–H and O–H groups in total. The number of carbonyl (C=O) groups is 2. The largest absolute Gasteiger partial charge is 0.341 e. The van der Waals surface area contributed by atoms with Gasteiger partial charge in [0.15, 0.2) is 0 Å². The average Bonchev–Trinajstić information content (AvgIpc) is 2.51. The lowest BCUT2D eigenvalue weighted by Gasteiger charge is -2.17. The third-order valence-electron chi connectivity index (χ3n) is 3.70. The van der Waals surface area contributed by atoms with Gasteiger partial charge in [0.2, 0.25) is 11.8 Å². The van der Waals surface area contributed by atoms with Crippen LogP contribution in [0.25, 0.3) is 0 Å². The van der Waals surface area contributed by atoms with Gasteiger partial charge in [0.05, 0.1) is 10.7 Å². The van der Waals surface area contributed by atoms with Crippen LogP contribution in [-0.2, 0) is 16.1 Å². The number of halogens is 1. The van der Waals surface area contributed by atoms with E-state index in [9.17, 15) is 9.59 Å². The summed E-state index contributed by atoms with van der Waals surface area (Å²) >= 11 is 6.18. The molecule has 0 atom stereocenters. The highest BCUT2D eigenvalue weighted by atomic mass is 35.5. The van der Waals surface area contributed by atoms with Gasteiger partial charge in [0.25, 0.3) is 0 Å². The van der Waals surface area contributed by atoms with Gasteiger partial charge in [-0.3, -0.25) is 9.59 Å². The summed E-state index contributed by atoms with van der Waals surface area (Å²) in [6, 6.07) is 13.4. The first-order valence-corrected chi connectivity index (χ1v) is 8.09. The Bertz CT molecular complexity index is 721. The highest BCUT2D eigenvalue weighted by molar-refractivity contribution is 6.34. The molecule has 0 saturated carbocycles. The maximum Gasteiger partial charge on any atom is 0.233 e. The zero-order valence-electron chi connectivity index (χ0n) is 14.1. The molecule has 0 unspecified atom stereocenters. The number of carbonyl (C=O) groups excluding carboxylic acids is 2. The lowest BCUT2D eigenvalue weighted by molar-refractivity contribution is -0.134. The molecule has 126 valence electrons. The number of amides is 2. The van der Waals surface area contributed by atoms with E-state index in [2.05, 4.69) is 5.32 Å². The molecule has 0 aromatic heterocycles. The van der Waals surface area contributed by atoms with Crippen molar-refractivity contribution in [1.82, 2.24) is 4.90 Å². The van der Waals surface area contributed by atoms with Crippen molar-refractivity contribution in [2.24, 2.45) is 0 Å². The van der Waals surface area contributed by atoms with Crippen molar-refractivity contribution in [2.45, 2.75) is 26.8 Å². The molecule has 0 aliphatic carbocycles. The number of hydrogen-bond acceptors (Lipinski definition) is 2. The highest BCUT2D eigenvalue weighted by Gasteiger charge is 2.16. The minimum absolute atomic E-state index is 0.215. The number of benzene rings is 2. The number of rotatable bonds is 5. The molecule has 24 heavy (non-hydrogen) atoms. The van der Waals surface area contributed by atoms with Crippen LogP contribution in [0.4, 0.5) is 5.69 Å². The van der Waals surface area contributed by atoms with E-state index in [1.807, 2.05) is 50.2 Å². The van der Waals surface area contributed by atoms with Gasteiger partial charge in [-0.05, 0) is 36.6 Å². The predicted octanol–water partition coefficient (Wildman–Crippen LogP) is 3.94. The molecule has 0 aliphatic rings. The monoisotopic (exact) mass is 344 g/mol. The number of aryl methyl sites for hydroxylation is 2. The molecule has 2 rings (SSSR count). The quantitative estimate of drug-likeness (QED) is 0.835. The van der Waals surface area contributed by atoms with Crippen molar-refractivity contribution < 1.29 is 9.59 Å². The van der Waals surface area contributed by atoms with E-state index in [1.165, 1.54) is 0 Å². The van der Waals surface area contributed by atoms with Crippen LogP contribution in [0.1, 0.15) is 23.1 Å². The molecule has 0 fully saturated rings. The Kier molecular flexibility index (Phi) is 5.99. The summed E-state index contributed by atoms with van der Waals surface area (Å²) < 4.78 is 0. The molecule has 5 heteroatoms. The Morgan fingerprint density at radius 3 is 2.42 bits per heavy atom. The molecule has 0 aliphatic heterocycles. The van der Waals surface area contributed by atoms with Crippen molar-refractivity contribution in [3.63, 3.8) is 0 Å².